The quantitative estimate of drug-likeness (QED) is 0.878. The van der Waals surface area contributed by atoms with E-state index < -0.39 is 0 Å². The minimum atomic E-state index is -0.0173. The predicted molar refractivity (Wildman–Crippen MR) is 81.7 cm³/mol. The fourth-order valence-electron chi connectivity index (χ4n) is 2.19. The molecule has 0 saturated carbocycles. The van der Waals surface area contributed by atoms with E-state index in [1.54, 1.807) is 0 Å². The minimum Gasteiger partial charge on any atom is -0.341 e. The Bertz CT molecular complexity index is 589. The van der Waals surface area contributed by atoms with Crippen molar-refractivity contribution in [2.75, 3.05) is 12.4 Å². The Morgan fingerprint density at radius 3 is 2.80 bits per heavy atom. The Morgan fingerprint density at radius 2 is 2.10 bits per heavy atom. The molecule has 20 heavy (non-hydrogen) atoms. The molecule has 1 amide bonds. The highest BCUT2D eigenvalue weighted by atomic mass is 16.1. The first-order chi connectivity index (χ1) is 9.60. The van der Waals surface area contributed by atoms with Crippen LogP contribution in [0.2, 0.25) is 0 Å². The molecular weight excluding hydrogens is 250 g/mol. The van der Waals surface area contributed by atoms with E-state index in [-0.39, 0.29) is 11.9 Å². The molecule has 0 bridgehead atoms. The van der Waals surface area contributed by atoms with E-state index in [1.807, 2.05) is 61.1 Å². The Hall–Kier alpha value is -2.07. The summed E-state index contributed by atoms with van der Waals surface area (Å²) in [6.45, 7) is 4.40. The third kappa shape index (κ3) is 3.48. The van der Waals surface area contributed by atoms with Crippen LogP contribution in [0.25, 0.3) is 0 Å². The number of carbonyl (C=O) groups is 1. The number of anilines is 1. The summed E-state index contributed by atoms with van der Waals surface area (Å²) in [4.78, 5) is 12.1. The van der Waals surface area contributed by atoms with Crippen LogP contribution in [0.4, 0.5) is 5.69 Å². The normalized spacial score (nSPS) is 12.2. The number of rotatable bonds is 5. The van der Waals surface area contributed by atoms with E-state index in [1.165, 1.54) is 0 Å². The van der Waals surface area contributed by atoms with Crippen LogP contribution < -0.4 is 10.6 Å². The average Bonchev–Trinajstić information content (AvgIpc) is 2.85. The number of nitrogens with zero attached hydrogens (tertiary/aromatic N) is 1. The lowest BCUT2D eigenvalue weighted by molar-refractivity contribution is -0.116. The van der Waals surface area contributed by atoms with Crippen LogP contribution in [-0.4, -0.2) is 17.5 Å². The van der Waals surface area contributed by atoms with Crippen LogP contribution in [0.15, 0.2) is 42.6 Å². The van der Waals surface area contributed by atoms with E-state index >= 15 is 0 Å². The minimum absolute atomic E-state index is 0.0173. The molecule has 0 aliphatic rings. The van der Waals surface area contributed by atoms with Crippen LogP contribution in [0.3, 0.4) is 0 Å². The van der Waals surface area contributed by atoms with E-state index in [2.05, 4.69) is 17.6 Å². The van der Waals surface area contributed by atoms with Gasteiger partial charge in [-0.1, -0.05) is 12.1 Å². The highest BCUT2D eigenvalue weighted by Crippen LogP contribution is 2.14. The monoisotopic (exact) mass is 271 g/mol. The van der Waals surface area contributed by atoms with Gasteiger partial charge in [-0.05, 0) is 50.7 Å². The van der Waals surface area contributed by atoms with E-state index in [4.69, 9.17) is 0 Å². The zero-order chi connectivity index (χ0) is 14.5. The number of hydrogen-bond donors (Lipinski definition) is 2. The molecule has 0 saturated heterocycles. The second-order valence-electron chi connectivity index (χ2n) is 4.99. The topological polar surface area (TPSA) is 46.1 Å². The molecule has 2 N–H and O–H groups in total. The first-order valence-electron chi connectivity index (χ1n) is 6.79. The maximum Gasteiger partial charge on any atom is 0.244 e. The van der Waals surface area contributed by atoms with Crippen molar-refractivity contribution in [3.05, 3.63) is 53.9 Å². The lowest BCUT2D eigenvalue weighted by Crippen LogP contribution is -2.22. The first kappa shape index (κ1) is 14.3. The van der Waals surface area contributed by atoms with Crippen molar-refractivity contribution in [1.29, 1.82) is 0 Å². The highest BCUT2D eigenvalue weighted by Gasteiger charge is 2.10. The zero-order valence-corrected chi connectivity index (χ0v) is 12.2. The van der Waals surface area contributed by atoms with E-state index in [9.17, 15) is 4.79 Å². The molecule has 2 aromatic rings. The van der Waals surface area contributed by atoms with Crippen molar-refractivity contribution in [1.82, 2.24) is 9.88 Å². The largest absolute Gasteiger partial charge is 0.341 e. The van der Waals surface area contributed by atoms with Gasteiger partial charge in [0.25, 0.3) is 0 Å². The number of carbonyl (C=O) groups excluding carboxylic acids is 1. The first-order valence-corrected chi connectivity index (χ1v) is 6.79. The average molecular weight is 271 g/mol. The van der Waals surface area contributed by atoms with Gasteiger partial charge in [0.2, 0.25) is 5.91 Å². The van der Waals surface area contributed by atoms with Crippen LogP contribution in [0.5, 0.6) is 0 Å². The van der Waals surface area contributed by atoms with Gasteiger partial charge >= 0.3 is 0 Å². The van der Waals surface area contributed by atoms with Gasteiger partial charge in [0.05, 0.1) is 0 Å². The summed E-state index contributed by atoms with van der Waals surface area (Å²) in [5.74, 6) is -0.0173. The number of hydrogen-bond acceptors (Lipinski definition) is 2. The summed E-state index contributed by atoms with van der Waals surface area (Å²) in [6, 6.07) is 12.0. The highest BCUT2D eigenvalue weighted by molar-refractivity contribution is 5.90. The standard InChI is InChI=1S/C16H21N3O/c1-12-6-4-7-14(10-12)18-16(20)11-19-9-5-8-15(19)13(2)17-3/h4-10,13,17H,11H2,1-3H3,(H,18,20). The van der Waals surface area contributed by atoms with Crippen molar-refractivity contribution in [2.24, 2.45) is 0 Å². The van der Waals surface area contributed by atoms with Crippen molar-refractivity contribution in [3.63, 3.8) is 0 Å². The summed E-state index contributed by atoms with van der Waals surface area (Å²) < 4.78 is 1.96. The van der Waals surface area contributed by atoms with Gasteiger partial charge in [-0.15, -0.1) is 0 Å². The number of aryl methyl sites for hydroxylation is 1. The second-order valence-corrected chi connectivity index (χ2v) is 4.99. The fraction of sp³-hybridized carbons (Fsp3) is 0.312. The van der Waals surface area contributed by atoms with Crippen LogP contribution in [-0.2, 0) is 11.3 Å². The number of aromatic nitrogens is 1. The Balaban J connectivity index is 2.03. The maximum absolute atomic E-state index is 12.1. The summed E-state index contributed by atoms with van der Waals surface area (Å²) in [5.41, 5.74) is 3.07. The van der Waals surface area contributed by atoms with Crippen LogP contribution >= 0.6 is 0 Å². The molecule has 106 valence electrons. The van der Waals surface area contributed by atoms with E-state index in [0.29, 0.717) is 6.54 Å². The Morgan fingerprint density at radius 1 is 1.30 bits per heavy atom. The summed E-state index contributed by atoms with van der Waals surface area (Å²) in [6.07, 6.45) is 1.93. The van der Waals surface area contributed by atoms with Gasteiger partial charge in [0, 0.05) is 23.6 Å². The molecule has 1 aromatic heterocycles. The van der Waals surface area contributed by atoms with E-state index in [0.717, 1.165) is 16.9 Å². The Kier molecular flexibility index (Phi) is 4.58. The SMILES string of the molecule is CNC(C)c1cccn1CC(=O)Nc1cccc(C)c1. The van der Waals surface area contributed by atoms with Gasteiger partial charge in [-0.25, -0.2) is 0 Å². The smallest absolute Gasteiger partial charge is 0.244 e. The number of nitrogens with one attached hydrogen (secondary N) is 2. The Labute approximate surface area is 119 Å². The predicted octanol–water partition coefficient (Wildman–Crippen LogP) is 2.72. The summed E-state index contributed by atoms with van der Waals surface area (Å²) >= 11 is 0. The lowest BCUT2D eigenvalue weighted by Gasteiger charge is -2.15. The zero-order valence-electron chi connectivity index (χ0n) is 12.2. The van der Waals surface area contributed by atoms with Gasteiger partial charge in [0.15, 0.2) is 0 Å². The van der Waals surface area contributed by atoms with Crippen molar-refractivity contribution in [2.45, 2.75) is 26.4 Å². The van der Waals surface area contributed by atoms with Crippen molar-refractivity contribution < 1.29 is 4.79 Å². The maximum atomic E-state index is 12.1. The van der Waals surface area contributed by atoms with Crippen LogP contribution in [0, 0.1) is 6.92 Å². The van der Waals surface area contributed by atoms with Crippen LogP contribution in [0.1, 0.15) is 24.2 Å². The third-order valence-electron chi connectivity index (χ3n) is 3.36. The third-order valence-corrected chi connectivity index (χ3v) is 3.36. The molecule has 0 fully saturated rings. The summed E-state index contributed by atoms with van der Waals surface area (Å²) in [7, 11) is 1.91. The second kappa shape index (κ2) is 6.39. The molecule has 0 aliphatic carbocycles. The molecule has 1 atom stereocenters. The molecule has 1 aromatic carbocycles. The lowest BCUT2D eigenvalue weighted by atomic mass is 10.2. The molecule has 0 aliphatic heterocycles. The van der Waals surface area contributed by atoms with Gasteiger partial charge in [0.1, 0.15) is 6.54 Å². The fourth-order valence-corrected chi connectivity index (χ4v) is 2.19. The molecule has 0 spiro atoms. The number of amides is 1. The van der Waals surface area contributed by atoms with Crippen molar-refractivity contribution >= 4 is 11.6 Å². The van der Waals surface area contributed by atoms with Gasteiger partial charge < -0.3 is 15.2 Å². The molecular formula is C16H21N3O. The summed E-state index contributed by atoms with van der Waals surface area (Å²) in [5, 5.41) is 6.11. The molecule has 2 rings (SSSR count). The van der Waals surface area contributed by atoms with Gasteiger partial charge in [-0.2, -0.15) is 0 Å². The molecule has 1 unspecified atom stereocenters. The van der Waals surface area contributed by atoms with Crippen molar-refractivity contribution in [3.8, 4) is 0 Å². The molecule has 4 heteroatoms. The molecule has 1 heterocycles. The molecule has 0 radical (unpaired) electrons. The molecule has 4 nitrogen and oxygen atoms in total. The van der Waals surface area contributed by atoms with Gasteiger partial charge in [-0.3, -0.25) is 4.79 Å². The number of benzene rings is 1.